The number of nitrogens with zero attached hydrogens (tertiary/aromatic N) is 5. The van der Waals surface area contributed by atoms with Crippen LogP contribution in [0.2, 0.25) is 0 Å². The first-order valence-corrected chi connectivity index (χ1v) is 11.6. The van der Waals surface area contributed by atoms with E-state index in [2.05, 4.69) is 58.5 Å². The largest absolute Gasteiger partial charge is 0.364 e. The Balaban J connectivity index is 1.30. The third-order valence-electron chi connectivity index (χ3n) is 6.98. The number of benzene rings is 2. The highest BCUT2D eigenvalue weighted by molar-refractivity contribution is 5.96. The average Bonchev–Trinajstić information content (AvgIpc) is 2.84. The van der Waals surface area contributed by atoms with E-state index >= 15 is 0 Å². The molecule has 2 saturated heterocycles. The van der Waals surface area contributed by atoms with Gasteiger partial charge in [-0.3, -0.25) is 14.7 Å². The van der Waals surface area contributed by atoms with Crippen molar-refractivity contribution in [1.82, 2.24) is 19.8 Å². The first-order valence-electron chi connectivity index (χ1n) is 11.6. The molecule has 2 aliphatic heterocycles. The number of primary amides is 1. The van der Waals surface area contributed by atoms with Gasteiger partial charge in [-0.1, -0.05) is 54.6 Å². The summed E-state index contributed by atoms with van der Waals surface area (Å²) in [6.07, 6.45) is 3.88. The van der Waals surface area contributed by atoms with Gasteiger partial charge in [-0.25, -0.2) is 4.98 Å². The van der Waals surface area contributed by atoms with Crippen LogP contribution in [-0.2, 0) is 6.54 Å². The van der Waals surface area contributed by atoms with Gasteiger partial charge in [-0.15, -0.1) is 0 Å². The predicted molar refractivity (Wildman–Crippen MR) is 134 cm³/mol. The van der Waals surface area contributed by atoms with Crippen LogP contribution in [-0.4, -0.2) is 51.9 Å². The Morgan fingerprint density at radius 1 is 1.00 bits per heavy atom. The van der Waals surface area contributed by atoms with Gasteiger partial charge in [0.05, 0.1) is 11.2 Å². The van der Waals surface area contributed by atoms with Crippen LogP contribution in [0.15, 0.2) is 72.9 Å². The van der Waals surface area contributed by atoms with Crippen molar-refractivity contribution in [3.63, 3.8) is 0 Å². The number of likely N-dealkylation sites (tertiary alicyclic amines) is 2. The van der Waals surface area contributed by atoms with Gasteiger partial charge in [-0.2, -0.15) is 5.26 Å². The lowest BCUT2D eigenvalue weighted by molar-refractivity contribution is -0.0957. The summed E-state index contributed by atoms with van der Waals surface area (Å²) >= 11 is 0. The van der Waals surface area contributed by atoms with Crippen LogP contribution in [0.3, 0.4) is 0 Å². The number of aromatic nitrogens is 2. The van der Waals surface area contributed by atoms with Crippen molar-refractivity contribution in [2.45, 2.75) is 6.54 Å². The molecule has 0 atom stereocenters. The SMILES string of the molecule is N#CN1CC2(C1)CN(Cc1ccc(-c3nc4cc(C(N)=O)ncc4cc3-c3ccccc3)cc1)C2. The van der Waals surface area contributed by atoms with Crippen molar-refractivity contribution in [2.24, 2.45) is 11.1 Å². The van der Waals surface area contributed by atoms with Crippen LogP contribution >= 0.6 is 0 Å². The molecule has 35 heavy (non-hydrogen) atoms. The summed E-state index contributed by atoms with van der Waals surface area (Å²) in [6.45, 7) is 4.78. The molecule has 1 amide bonds. The van der Waals surface area contributed by atoms with Crippen LogP contribution in [0.5, 0.6) is 0 Å². The number of hydrogen-bond acceptors (Lipinski definition) is 6. The van der Waals surface area contributed by atoms with Crippen molar-refractivity contribution < 1.29 is 4.79 Å². The van der Waals surface area contributed by atoms with Crippen LogP contribution in [0, 0.1) is 16.9 Å². The highest BCUT2D eigenvalue weighted by Gasteiger charge is 2.51. The van der Waals surface area contributed by atoms with Gasteiger partial charge in [0.1, 0.15) is 5.69 Å². The van der Waals surface area contributed by atoms with E-state index < -0.39 is 5.91 Å². The summed E-state index contributed by atoms with van der Waals surface area (Å²) in [6, 6.07) is 22.4. The fraction of sp³-hybridized carbons (Fsp3) is 0.214. The fourth-order valence-corrected chi connectivity index (χ4v) is 5.34. The molecule has 0 saturated carbocycles. The minimum absolute atomic E-state index is 0.204. The van der Waals surface area contributed by atoms with E-state index in [-0.39, 0.29) is 5.69 Å². The first-order chi connectivity index (χ1) is 17.0. The maximum Gasteiger partial charge on any atom is 0.267 e. The molecule has 0 unspecified atom stereocenters. The Morgan fingerprint density at radius 2 is 1.74 bits per heavy atom. The van der Waals surface area contributed by atoms with Crippen LogP contribution in [0.25, 0.3) is 33.3 Å². The number of hydrogen-bond donors (Lipinski definition) is 1. The summed E-state index contributed by atoms with van der Waals surface area (Å²) in [5.41, 5.74) is 11.9. The summed E-state index contributed by atoms with van der Waals surface area (Å²) in [5.74, 6) is -0.568. The van der Waals surface area contributed by atoms with E-state index in [1.54, 1.807) is 12.3 Å². The monoisotopic (exact) mass is 460 g/mol. The van der Waals surface area contributed by atoms with Crippen LogP contribution < -0.4 is 5.73 Å². The first kappa shape index (κ1) is 21.3. The van der Waals surface area contributed by atoms with Gasteiger partial charge in [0, 0.05) is 60.8 Å². The molecular formula is C28H24N6O. The highest BCUT2D eigenvalue weighted by atomic mass is 16.1. The number of fused-ring (bicyclic) bond motifs is 1. The molecule has 172 valence electrons. The lowest BCUT2D eigenvalue weighted by Gasteiger charge is -2.58. The fourth-order valence-electron chi connectivity index (χ4n) is 5.34. The summed E-state index contributed by atoms with van der Waals surface area (Å²) in [5, 5.41) is 9.83. The van der Waals surface area contributed by atoms with Gasteiger partial charge < -0.3 is 10.6 Å². The van der Waals surface area contributed by atoms with E-state index in [4.69, 9.17) is 16.0 Å². The minimum Gasteiger partial charge on any atom is -0.364 e. The molecule has 2 fully saturated rings. The van der Waals surface area contributed by atoms with Gasteiger partial charge in [0.25, 0.3) is 5.91 Å². The molecule has 2 aliphatic rings. The van der Waals surface area contributed by atoms with Gasteiger partial charge >= 0.3 is 0 Å². The van der Waals surface area contributed by atoms with Crippen LogP contribution in [0.1, 0.15) is 16.1 Å². The Bertz CT molecular complexity index is 1460. The molecule has 4 aromatic rings. The van der Waals surface area contributed by atoms with Crippen molar-refractivity contribution >= 4 is 16.8 Å². The van der Waals surface area contributed by atoms with Gasteiger partial charge in [0.2, 0.25) is 0 Å². The molecule has 4 heterocycles. The zero-order chi connectivity index (χ0) is 24.0. The normalized spacial score (nSPS) is 16.5. The highest BCUT2D eigenvalue weighted by Crippen LogP contribution is 2.40. The smallest absolute Gasteiger partial charge is 0.267 e. The molecular weight excluding hydrogens is 436 g/mol. The average molecular weight is 461 g/mol. The number of carbonyl (C=O) groups excluding carboxylic acids is 1. The van der Waals surface area contributed by atoms with Crippen molar-refractivity contribution in [3.05, 3.63) is 84.2 Å². The van der Waals surface area contributed by atoms with E-state index in [1.807, 2.05) is 23.1 Å². The maximum atomic E-state index is 11.6. The lowest BCUT2D eigenvalue weighted by atomic mass is 9.73. The standard InChI is InChI=1S/C28H24N6O/c29-18-34-16-28(17-34)14-33(15-28)13-19-6-8-21(9-7-19)26-23(20-4-2-1-3-5-20)10-22-12-31-25(27(30)35)11-24(22)32-26/h1-12H,13-17H2,(H2,30,35). The van der Waals surface area contributed by atoms with E-state index in [9.17, 15) is 4.79 Å². The zero-order valence-corrected chi connectivity index (χ0v) is 19.2. The third-order valence-corrected chi connectivity index (χ3v) is 6.98. The van der Waals surface area contributed by atoms with Crippen LogP contribution in [0.4, 0.5) is 0 Å². The predicted octanol–water partition coefficient (Wildman–Crippen LogP) is 3.66. The number of pyridine rings is 2. The molecule has 0 bridgehead atoms. The number of rotatable bonds is 5. The molecule has 1 spiro atoms. The molecule has 7 nitrogen and oxygen atoms in total. The van der Waals surface area contributed by atoms with E-state index in [0.29, 0.717) is 10.9 Å². The van der Waals surface area contributed by atoms with Crippen molar-refractivity contribution in [1.29, 1.82) is 5.26 Å². The molecule has 2 N–H and O–H groups in total. The maximum absolute atomic E-state index is 11.6. The van der Waals surface area contributed by atoms with Crippen molar-refractivity contribution in [3.8, 4) is 28.6 Å². The number of nitriles is 1. The molecule has 0 aliphatic carbocycles. The van der Waals surface area contributed by atoms with Gasteiger partial charge in [0.15, 0.2) is 6.19 Å². The van der Waals surface area contributed by atoms with E-state index in [0.717, 1.165) is 60.5 Å². The summed E-state index contributed by atoms with van der Waals surface area (Å²) in [4.78, 5) is 25.0. The van der Waals surface area contributed by atoms with Gasteiger partial charge in [-0.05, 0) is 23.3 Å². The number of carbonyl (C=O) groups is 1. The molecule has 7 heteroatoms. The summed E-state index contributed by atoms with van der Waals surface area (Å²) in [7, 11) is 0. The molecule has 2 aromatic heterocycles. The Morgan fingerprint density at radius 3 is 2.43 bits per heavy atom. The number of amides is 1. The minimum atomic E-state index is -0.568. The second-order valence-corrected chi connectivity index (χ2v) is 9.68. The van der Waals surface area contributed by atoms with Crippen molar-refractivity contribution in [2.75, 3.05) is 26.2 Å². The Labute approximate surface area is 203 Å². The zero-order valence-electron chi connectivity index (χ0n) is 19.2. The molecule has 2 aromatic carbocycles. The second-order valence-electron chi connectivity index (χ2n) is 9.68. The summed E-state index contributed by atoms with van der Waals surface area (Å²) < 4.78 is 0. The number of nitrogens with two attached hydrogens (primary N) is 1. The Kier molecular flexibility index (Phi) is 4.97. The lowest BCUT2D eigenvalue weighted by Crippen LogP contribution is -2.70. The second kappa shape index (κ2) is 8.19. The Hall–Kier alpha value is -4.28. The topological polar surface area (TPSA) is 99.1 Å². The molecule has 0 radical (unpaired) electrons. The third kappa shape index (κ3) is 3.88. The molecule has 6 rings (SSSR count). The van der Waals surface area contributed by atoms with E-state index in [1.165, 1.54) is 5.56 Å². The quantitative estimate of drug-likeness (QED) is 0.457.